The van der Waals surface area contributed by atoms with Crippen molar-refractivity contribution in [2.75, 3.05) is 10.7 Å². The van der Waals surface area contributed by atoms with E-state index in [1.807, 2.05) is 6.07 Å². The number of carbonyl (C=O) groups is 1. The van der Waals surface area contributed by atoms with Gasteiger partial charge in [-0.1, -0.05) is 12.1 Å². The van der Waals surface area contributed by atoms with Crippen molar-refractivity contribution in [3.63, 3.8) is 0 Å². The fourth-order valence-corrected chi connectivity index (χ4v) is 1.86. The summed E-state index contributed by atoms with van der Waals surface area (Å²) in [6.45, 7) is 0. The number of para-hydroxylation sites is 1. The molecule has 0 saturated carbocycles. The Morgan fingerprint density at radius 3 is 2.74 bits per heavy atom. The molecule has 2 aromatic rings. The van der Waals surface area contributed by atoms with Crippen molar-refractivity contribution in [1.82, 2.24) is 4.98 Å². The minimum Gasteiger partial charge on any atom is -0.321 e. The van der Waals surface area contributed by atoms with Gasteiger partial charge in [0.2, 0.25) is 0 Å². The maximum Gasteiger partial charge on any atom is 0.258 e. The highest BCUT2D eigenvalue weighted by molar-refractivity contribution is 9.10. The molecular formula is C12H10BrFN4O. The minimum absolute atomic E-state index is 0.140. The molecule has 7 heteroatoms. The zero-order valence-corrected chi connectivity index (χ0v) is 11.2. The molecule has 0 atom stereocenters. The summed E-state index contributed by atoms with van der Waals surface area (Å²) in [5, 5.41) is 2.60. The van der Waals surface area contributed by atoms with Gasteiger partial charge in [-0.05, 0) is 34.1 Å². The highest BCUT2D eigenvalue weighted by Crippen LogP contribution is 2.23. The average Bonchev–Trinajstić information content (AvgIpc) is 2.41. The predicted molar refractivity (Wildman–Crippen MR) is 74.1 cm³/mol. The number of hydrogen-bond acceptors (Lipinski definition) is 4. The second kappa shape index (κ2) is 5.77. The third kappa shape index (κ3) is 2.88. The van der Waals surface area contributed by atoms with Crippen molar-refractivity contribution in [3.8, 4) is 0 Å². The van der Waals surface area contributed by atoms with Crippen LogP contribution in [-0.2, 0) is 0 Å². The van der Waals surface area contributed by atoms with Gasteiger partial charge in [-0.25, -0.2) is 15.2 Å². The number of benzene rings is 1. The van der Waals surface area contributed by atoms with Gasteiger partial charge in [-0.2, -0.15) is 0 Å². The number of halogens is 2. The Hall–Kier alpha value is -1.99. The lowest BCUT2D eigenvalue weighted by molar-refractivity contribution is 0.102. The topological polar surface area (TPSA) is 80.0 Å². The molecule has 4 N–H and O–H groups in total. The van der Waals surface area contributed by atoms with Crippen LogP contribution in [0, 0.1) is 5.82 Å². The lowest BCUT2D eigenvalue weighted by Gasteiger charge is -2.09. The number of amides is 1. The molecule has 1 heterocycles. The SMILES string of the molecule is NNc1nccc(C(=O)Nc2ccccc2Br)c1F. The Labute approximate surface area is 117 Å². The highest BCUT2D eigenvalue weighted by Gasteiger charge is 2.16. The van der Waals surface area contributed by atoms with E-state index in [1.54, 1.807) is 18.2 Å². The molecule has 0 aliphatic carbocycles. The first-order chi connectivity index (χ1) is 9.13. The Morgan fingerprint density at radius 1 is 1.32 bits per heavy atom. The number of rotatable bonds is 3. The lowest BCUT2D eigenvalue weighted by atomic mass is 10.2. The lowest BCUT2D eigenvalue weighted by Crippen LogP contribution is -2.17. The van der Waals surface area contributed by atoms with E-state index in [0.29, 0.717) is 10.2 Å². The van der Waals surface area contributed by atoms with Gasteiger partial charge in [-0.3, -0.25) is 4.79 Å². The molecule has 0 aliphatic rings. The van der Waals surface area contributed by atoms with E-state index in [9.17, 15) is 9.18 Å². The molecule has 0 unspecified atom stereocenters. The highest BCUT2D eigenvalue weighted by atomic mass is 79.9. The first-order valence-electron chi connectivity index (χ1n) is 5.30. The number of nitrogens with two attached hydrogens (primary N) is 1. The molecule has 19 heavy (non-hydrogen) atoms. The summed E-state index contributed by atoms with van der Waals surface area (Å²) < 4.78 is 14.6. The van der Waals surface area contributed by atoms with E-state index in [0.717, 1.165) is 0 Å². The zero-order chi connectivity index (χ0) is 13.8. The summed E-state index contributed by atoms with van der Waals surface area (Å²) in [6, 6.07) is 8.32. The first kappa shape index (κ1) is 13.4. The summed E-state index contributed by atoms with van der Waals surface area (Å²) in [5.41, 5.74) is 2.50. The molecule has 1 aromatic carbocycles. The smallest absolute Gasteiger partial charge is 0.258 e. The number of hydrazine groups is 1. The summed E-state index contributed by atoms with van der Waals surface area (Å²) in [7, 11) is 0. The fraction of sp³-hybridized carbons (Fsp3) is 0. The second-order valence-corrected chi connectivity index (χ2v) is 4.45. The van der Waals surface area contributed by atoms with Crippen LogP contribution >= 0.6 is 15.9 Å². The maximum atomic E-state index is 13.8. The Morgan fingerprint density at radius 2 is 2.05 bits per heavy atom. The summed E-state index contributed by atoms with van der Waals surface area (Å²) in [4.78, 5) is 15.7. The van der Waals surface area contributed by atoms with E-state index >= 15 is 0 Å². The predicted octanol–water partition coefficient (Wildman–Crippen LogP) is 2.52. The molecule has 98 valence electrons. The van der Waals surface area contributed by atoms with Crippen LogP contribution in [0.3, 0.4) is 0 Å². The van der Waals surface area contributed by atoms with Crippen LogP contribution in [0.25, 0.3) is 0 Å². The van der Waals surface area contributed by atoms with E-state index in [2.05, 4.69) is 31.7 Å². The molecular weight excluding hydrogens is 315 g/mol. The largest absolute Gasteiger partial charge is 0.321 e. The number of nitrogens with one attached hydrogen (secondary N) is 2. The van der Waals surface area contributed by atoms with Crippen LogP contribution < -0.4 is 16.6 Å². The van der Waals surface area contributed by atoms with E-state index in [1.165, 1.54) is 12.3 Å². The van der Waals surface area contributed by atoms with Crippen LogP contribution in [0.15, 0.2) is 41.0 Å². The summed E-state index contributed by atoms with van der Waals surface area (Å²) >= 11 is 3.29. The van der Waals surface area contributed by atoms with Gasteiger partial charge < -0.3 is 10.7 Å². The second-order valence-electron chi connectivity index (χ2n) is 3.60. The van der Waals surface area contributed by atoms with Gasteiger partial charge in [0.05, 0.1) is 11.3 Å². The zero-order valence-electron chi connectivity index (χ0n) is 9.65. The number of aromatic nitrogens is 1. The summed E-state index contributed by atoms with van der Waals surface area (Å²) in [6.07, 6.45) is 1.30. The number of nitrogens with zero attached hydrogens (tertiary/aromatic N) is 1. The van der Waals surface area contributed by atoms with Crippen molar-refractivity contribution in [2.45, 2.75) is 0 Å². The van der Waals surface area contributed by atoms with Crippen molar-refractivity contribution in [1.29, 1.82) is 0 Å². The van der Waals surface area contributed by atoms with Gasteiger partial charge in [0.25, 0.3) is 5.91 Å². The van der Waals surface area contributed by atoms with Crippen LogP contribution in [0.1, 0.15) is 10.4 Å². The quantitative estimate of drug-likeness (QED) is 0.598. The molecule has 1 aromatic heterocycles. The molecule has 1 amide bonds. The molecule has 0 radical (unpaired) electrons. The van der Waals surface area contributed by atoms with Gasteiger partial charge in [0.15, 0.2) is 11.6 Å². The van der Waals surface area contributed by atoms with Gasteiger partial charge in [0.1, 0.15) is 0 Å². The van der Waals surface area contributed by atoms with Crippen molar-refractivity contribution >= 4 is 33.3 Å². The van der Waals surface area contributed by atoms with Crippen molar-refractivity contribution in [3.05, 3.63) is 52.4 Å². The van der Waals surface area contributed by atoms with Crippen LogP contribution in [-0.4, -0.2) is 10.9 Å². The van der Waals surface area contributed by atoms with Gasteiger partial charge in [-0.15, -0.1) is 0 Å². The Bertz CT molecular complexity index is 620. The van der Waals surface area contributed by atoms with E-state index in [-0.39, 0.29) is 11.4 Å². The molecule has 0 fully saturated rings. The molecule has 2 rings (SSSR count). The standard InChI is InChI=1S/C12H10BrFN4O/c13-8-3-1-2-4-9(8)17-12(19)7-5-6-16-11(18-15)10(7)14/h1-6H,15H2,(H,16,18)(H,17,19). The van der Waals surface area contributed by atoms with Crippen LogP contribution in [0.5, 0.6) is 0 Å². The normalized spacial score (nSPS) is 10.1. The molecule has 0 saturated heterocycles. The third-order valence-corrected chi connectivity index (χ3v) is 3.08. The number of anilines is 2. The number of hydrogen-bond donors (Lipinski definition) is 3. The Balaban J connectivity index is 2.28. The fourth-order valence-electron chi connectivity index (χ4n) is 1.47. The van der Waals surface area contributed by atoms with Gasteiger partial charge in [0, 0.05) is 10.7 Å². The molecule has 0 aliphatic heterocycles. The van der Waals surface area contributed by atoms with Crippen LogP contribution in [0.2, 0.25) is 0 Å². The van der Waals surface area contributed by atoms with E-state index in [4.69, 9.17) is 5.84 Å². The number of nitrogen functional groups attached to an aromatic ring is 1. The number of carbonyl (C=O) groups excluding carboxylic acids is 1. The minimum atomic E-state index is -0.797. The third-order valence-electron chi connectivity index (χ3n) is 2.39. The summed E-state index contributed by atoms with van der Waals surface area (Å²) in [5.74, 6) is 3.55. The van der Waals surface area contributed by atoms with E-state index < -0.39 is 11.7 Å². The first-order valence-corrected chi connectivity index (χ1v) is 6.09. The molecule has 5 nitrogen and oxygen atoms in total. The Kier molecular flexibility index (Phi) is 4.08. The maximum absolute atomic E-state index is 13.8. The van der Waals surface area contributed by atoms with Gasteiger partial charge >= 0.3 is 0 Å². The van der Waals surface area contributed by atoms with Crippen molar-refractivity contribution in [2.24, 2.45) is 5.84 Å². The number of pyridine rings is 1. The monoisotopic (exact) mass is 324 g/mol. The van der Waals surface area contributed by atoms with Crippen LogP contribution in [0.4, 0.5) is 15.9 Å². The molecule has 0 bridgehead atoms. The van der Waals surface area contributed by atoms with Crippen molar-refractivity contribution < 1.29 is 9.18 Å². The molecule has 0 spiro atoms. The average molecular weight is 325 g/mol.